The maximum Gasteiger partial charge on any atom is -0.0348 e. The molecule has 0 amide bonds. The van der Waals surface area contributed by atoms with Gasteiger partial charge < -0.3 is 0 Å². The van der Waals surface area contributed by atoms with E-state index >= 15 is 0 Å². The van der Waals surface area contributed by atoms with Crippen LogP contribution in [0, 0.1) is 6.92 Å². The molecule has 0 saturated carbocycles. The predicted octanol–water partition coefficient (Wildman–Crippen LogP) is 5.02. The van der Waals surface area contributed by atoms with E-state index in [4.69, 9.17) is 0 Å². The quantitative estimate of drug-likeness (QED) is 0.384. The van der Waals surface area contributed by atoms with Gasteiger partial charge in [0.15, 0.2) is 0 Å². The number of unbranched alkanes of at least 4 members (excludes halogenated alkanes) is 3. The van der Waals surface area contributed by atoms with Gasteiger partial charge in [-0.05, 0) is 19.3 Å². The van der Waals surface area contributed by atoms with Crippen LogP contribution in [0.2, 0.25) is 0 Å². The summed E-state index contributed by atoms with van der Waals surface area (Å²) < 4.78 is 0. The lowest BCUT2D eigenvalue weighted by Crippen LogP contribution is -1.69. The molecule has 0 aliphatic heterocycles. The Hall–Kier alpha value is -1.04. The van der Waals surface area contributed by atoms with E-state index in [1.807, 2.05) is 6.08 Å². The topological polar surface area (TPSA) is 0 Å². The van der Waals surface area contributed by atoms with Crippen molar-refractivity contribution < 1.29 is 0 Å². The molecule has 0 bridgehead atoms. The van der Waals surface area contributed by atoms with Gasteiger partial charge in [0, 0.05) is 0 Å². The Morgan fingerprint density at radius 3 is 2.00 bits per heavy atom. The van der Waals surface area contributed by atoms with Crippen molar-refractivity contribution in [3.63, 3.8) is 0 Å². The van der Waals surface area contributed by atoms with Crippen molar-refractivity contribution >= 4 is 0 Å². The fourth-order valence-electron chi connectivity index (χ4n) is 1.09. The first-order valence-electron chi connectivity index (χ1n) is 5.86. The average molecular weight is 203 g/mol. The second kappa shape index (κ2) is 13.0. The highest BCUT2D eigenvalue weighted by Gasteiger charge is 1.79. The van der Waals surface area contributed by atoms with E-state index in [2.05, 4.69) is 56.4 Å². The van der Waals surface area contributed by atoms with Crippen LogP contribution in [0.3, 0.4) is 0 Å². The van der Waals surface area contributed by atoms with Crippen molar-refractivity contribution in [2.45, 2.75) is 39.0 Å². The second-order valence-electron chi connectivity index (χ2n) is 3.38. The average Bonchev–Trinajstić information content (AvgIpc) is 2.26. The Balaban J connectivity index is 3.44. The largest absolute Gasteiger partial charge is 0.0848 e. The molecular weight excluding hydrogens is 180 g/mol. The van der Waals surface area contributed by atoms with Crippen LogP contribution in [0.1, 0.15) is 39.0 Å². The molecule has 0 nitrogen and oxygen atoms in total. The minimum atomic E-state index is 1.05. The first-order valence-corrected chi connectivity index (χ1v) is 5.86. The van der Waals surface area contributed by atoms with Gasteiger partial charge in [-0.25, -0.2) is 0 Å². The minimum Gasteiger partial charge on any atom is -0.0848 e. The van der Waals surface area contributed by atoms with Gasteiger partial charge in [-0.15, -0.1) is 0 Å². The van der Waals surface area contributed by atoms with Crippen LogP contribution in [0.15, 0.2) is 48.6 Å². The Morgan fingerprint density at radius 2 is 1.40 bits per heavy atom. The summed E-state index contributed by atoms with van der Waals surface area (Å²) in [6.45, 7) is 5.95. The summed E-state index contributed by atoms with van der Waals surface area (Å²) in [5, 5.41) is 0. The molecule has 0 heteroatoms. The lowest BCUT2D eigenvalue weighted by Gasteiger charge is -1.89. The molecule has 0 aromatic rings. The predicted molar refractivity (Wildman–Crippen MR) is 70.7 cm³/mol. The Morgan fingerprint density at radius 1 is 0.800 bits per heavy atom. The summed E-state index contributed by atoms with van der Waals surface area (Å²) >= 11 is 0. The summed E-state index contributed by atoms with van der Waals surface area (Å²) in [7, 11) is 0. The minimum absolute atomic E-state index is 1.05. The van der Waals surface area contributed by atoms with Gasteiger partial charge in [0.25, 0.3) is 0 Å². The summed E-state index contributed by atoms with van der Waals surface area (Å²) in [5.74, 6) is 0. The van der Waals surface area contributed by atoms with E-state index in [1.54, 1.807) is 0 Å². The van der Waals surface area contributed by atoms with Crippen molar-refractivity contribution in [3.05, 3.63) is 55.5 Å². The molecule has 0 heterocycles. The van der Waals surface area contributed by atoms with Crippen LogP contribution in [0.5, 0.6) is 0 Å². The van der Waals surface area contributed by atoms with Gasteiger partial charge in [-0.1, -0.05) is 75.3 Å². The summed E-state index contributed by atoms with van der Waals surface area (Å²) in [6.07, 6.45) is 22.6. The third kappa shape index (κ3) is 13.0. The Bertz CT molecular complexity index is 216. The van der Waals surface area contributed by atoms with E-state index in [0.29, 0.717) is 0 Å². The molecule has 15 heavy (non-hydrogen) atoms. The molecule has 0 rings (SSSR count). The van der Waals surface area contributed by atoms with Gasteiger partial charge in [0.1, 0.15) is 0 Å². The van der Waals surface area contributed by atoms with Gasteiger partial charge in [0.05, 0.1) is 0 Å². The van der Waals surface area contributed by atoms with E-state index in [0.717, 1.165) is 12.8 Å². The van der Waals surface area contributed by atoms with Crippen LogP contribution in [0.4, 0.5) is 0 Å². The summed E-state index contributed by atoms with van der Waals surface area (Å²) in [6, 6.07) is 0. The lowest BCUT2D eigenvalue weighted by atomic mass is 10.2. The third-order valence-corrected chi connectivity index (χ3v) is 1.93. The fraction of sp³-hybridized carbons (Fsp3) is 0.400. The number of rotatable bonds is 8. The summed E-state index contributed by atoms with van der Waals surface area (Å²) in [4.78, 5) is 0. The van der Waals surface area contributed by atoms with Crippen LogP contribution in [-0.2, 0) is 0 Å². The molecule has 1 radical (unpaired) electrons. The zero-order valence-electron chi connectivity index (χ0n) is 9.86. The summed E-state index contributed by atoms with van der Waals surface area (Å²) in [5.41, 5.74) is 0. The fourth-order valence-corrected chi connectivity index (χ4v) is 1.09. The van der Waals surface area contributed by atoms with E-state index < -0.39 is 0 Å². The monoisotopic (exact) mass is 203 g/mol. The SMILES string of the molecule is [CH2]CCCCC=CC=CC=CC=CCC. The zero-order chi connectivity index (χ0) is 11.2. The highest BCUT2D eigenvalue weighted by molar-refractivity contribution is 5.15. The number of hydrogen-bond acceptors (Lipinski definition) is 0. The van der Waals surface area contributed by atoms with Crippen LogP contribution in [0.25, 0.3) is 0 Å². The molecule has 0 N–H and O–H groups in total. The van der Waals surface area contributed by atoms with E-state index in [1.165, 1.54) is 19.3 Å². The normalized spacial score (nSPS) is 12.9. The third-order valence-electron chi connectivity index (χ3n) is 1.93. The van der Waals surface area contributed by atoms with Gasteiger partial charge in [-0.3, -0.25) is 0 Å². The van der Waals surface area contributed by atoms with E-state index in [9.17, 15) is 0 Å². The first-order chi connectivity index (χ1) is 7.41. The molecule has 0 fully saturated rings. The van der Waals surface area contributed by atoms with Gasteiger partial charge >= 0.3 is 0 Å². The van der Waals surface area contributed by atoms with Crippen LogP contribution >= 0.6 is 0 Å². The molecule has 0 atom stereocenters. The molecule has 0 aliphatic rings. The molecule has 0 saturated heterocycles. The second-order valence-corrected chi connectivity index (χ2v) is 3.38. The van der Waals surface area contributed by atoms with Gasteiger partial charge in [-0.2, -0.15) is 0 Å². The Labute approximate surface area is 95.1 Å². The van der Waals surface area contributed by atoms with Gasteiger partial charge in [0.2, 0.25) is 0 Å². The van der Waals surface area contributed by atoms with Crippen molar-refractivity contribution in [2.24, 2.45) is 0 Å². The molecule has 0 aromatic heterocycles. The van der Waals surface area contributed by atoms with Crippen LogP contribution < -0.4 is 0 Å². The first kappa shape index (κ1) is 14.0. The molecule has 83 valence electrons. The van der Waals surface area contributed by atoms with Crippen molar-refractivity contribution in [3.8, 4) is 0 Å². The zero-order valence-corrected chi connectivity index (χ0v) is 9.86. The number of allylic oxidation sites excluding steroid dienone is 8. The highest BCUT2D eigenvalue weighted by atomic mass is 13.9. The van der Waals surface area contributed by atoms with Crippen LogP contribution in [-0.4, -0.2) is 0 Å². The smallest absolute Gasteiger partial charge is 0.0348 e. The lowest BCUT2D eigenvalue weighted by molar-refractivity contribution is 0.760. The van der Waals surface area contributed by atoms with Crippen molar-refractivity contribution in [1.82, 2.24) is 0 Å². The molecule has 0 spiro atoms. The molecule has 0 unspecified atom stereocenters. The molecular formula is C15H23. The van der Waals surface area contributed by atoms with Crippen molar-refractivity contribution in [1.29, 1.82) is 0 Å². The maximum atomic E-state index is 3.81. The molecule has 0 aromatic carbocycles. The van der Waals surface area contributed by atoms with Crippen molar-refractivity contribution in [2.75, 3.05) is 0 Å². The van der Waals surface area contributed by atoms with E-state index in [-0.39, 0.29) is 0 Å². The highest BCUT2D eigenvalue weighted by Crippen LogP contribution is 1.99. The standard InChI is InChI=1S/C15H23/c1-3-5-7-9-11-13-15-14-12-10-8-6-4-2/h6,8,10-15H,1,3-5,7,9H2,2H3. The number of hydrogen-bond donors (Lipinski definition) is 0. The Kier molecular flexibility index (Phi) is 12.1. The molecule has 0 aliphatic carbocycles. The maximum absolute atomic E-state index is 3.81.